The van der Waals surface area contributed by atoms with E-state index in [1.807, 2.05) is 11.9 Å². The van der Waals surface area contributed by atoms with Crippen molar-refractivity contribution in [2.45, 2.75) is 25.9 Å². The van der Waals surface area contributed by atoms with Crippen molar-refractivity contribution in [3.63, 3.8) is 0 Å². The highest BCUT2D eigenvalue weighted by Crippen LogP contribution is 2.28. The molecule has 0 saturated heterocycles. The van der Waals surface area contributed by atoms with E-state index in [1.165, 1.54) is 6.07 Å². The first-order valence-electron chi connectivity index (χ1n) is 9.74. The number of anilines is 2. The topological polar surface area (TPSA) is 116 Å². The Morgan fingerprint density at radius 1 is 1.03 bits per heavy atom. The number of hydrogen-bond donors (Lipinski definition) is 3. The summed E-state index contributed by atoms with van der Waals surface area (Å²) in [6.07, 6.45) is -3.03. The molecule has 0 fully saturated rings. The number of unbranched alkanes of at least 4 members (excludes halogenated alkanes) is 1. The fraction of sp³-hybridized carbons (Fsp3) is 0.318. The van der Waals surface area contributed by atoms with Gasteiger partial charge >= 0.3 is 18.1 Å². The van der Waals surface area contributed by atoms with Gasteiger partial charge in [0.2, 0.25) is 0 Å². The van der Waals surface area contributed by atoms with Gasteiger partial charge in [0.15, 0.2) is 0 Å². The van der Waals surface area contributed by atoms with Crippen molar-refractivity contribution in [3.05, 3.63) is 53.6 Å². The number of methoxy groups -OCH3 is 1. The molecule has 0 aliphatic carbocycles. The fourth-order valence-corrected chi connectivity index (χ4v) is 2.55. The van der Waals surface area contributed by atoms with Gasteiger partial charge in [0.25, 0.3) is 5.91 Å². The number of ether oxygens (including phenoxy) is 1. The van der Waals surface area contributed by atoms with Gasteiger partial charge in [-0.25, -0.2) is 9.59 Å². The van der Waals surface area contributed by atoms with Crippen LogP contribution < -0.4 is 15.0 Å². The summed E-state index contributed by atoms with van der Waals surface area (Å²) < 4.78 is 36.8. The lowest BCUT2D eigenvalue weighted by atomic mass is 10.1. The van der Waals surface area contributed by atoms with E-state index in [4.69, 9.17) is 14.6 Å². The Morgan fingerprint density at radius 3 is 2.03 bits per heavy atom. The molecule has 2 rings (SSSR count). The number of amides is 1. The lowest BCUT2D eigenvalue weighted by molar-refractivity contribution is -0.192. The van der Waals surface area contributed by atoms with Gasteiger partial charge in [-0.3, -0.25) is 4.79 Å². The summed E-state index contributed by atoms with van der Waals surface area (Å²) in [5.74, 6) is -3.44. The van der Waals surface area contributed by atoms with Crippen LogP contribution in [-0.4, -0.2) is 54.9 Å². The Labute approximate surface area is 188 Å². The van der Waals surface area contributed by atoms with E-state index < -0.39 is 18.1 Å². The number of aliphatic carboxylic acids is 1. The number of nitrogens with zero attached hydrogens (tertiary/aromatic N) is 1. The van der Waals surface area contributed by atoms with Crippen molar-refractivity contribution >= 4 is 29.2 Å². The Morgan fingerprint density at radius 2 is 1.58 bits per heavy atom. The van der Waals surface area contributed by atoms with Crippen molar-refractivity contribution in [2.75, 3.05) is 30.9 Å². The average Bonchev–Trinajstić information content (AvgIpc) is 2.77. The van der Waals surface area contributed by atoms with Crippen molar-refractivity contribution < 1.29 is 42.5 Å². The molecular weight excluding hydrogens is 445 g/mol. The second kappa shape index (κ2) is 12.3. The highest BCUT2D eigenvalue weighted by Gasteiger charge is 2.38. The van der Waals surface area contributed by atoms with E-state index >= 15 is 0 Å². The maximum Gasteiger partial charge on any atom is 0.490 e. The van der Waals surface area contributed by atoms with Crippen LogP contribution in [0.1, 0.15) is 40.5 Å². The number of hydrogen-bond acceptors (Lipinski definition) is 5. The largest absolute Gasteiger partial charge is 0.497 e. The molecule has 0 unspecified atom stereocenters. The molecule has 0 bridgehead atoms. The SMILES string of the molecule is CCCCN(C)c1ccc(C(=O)O)cc1NC(=O)c1ccc(OC)cc1.O=C(O)C(F)(F)F. The quantitative estimate of drug-likeness (QED) is 0.520. The van der Waals surface area contributed by atoms with Crippen LogP contribution in [-0.2, 0) is 4.79 Å². The molecule has 0 heterocycles. The predicted molar refractivity (Wildman–Crippen MR) is 116 cm³/mol. The highest BCUT2D eigenvalue weighted by atomic mass is 19.4. The van der Waals surface area contributed by atoms with Crippen LogP contribution in [0.25, 0.3) is 0 Å². The smallest absolute Gasteiger partial charge is 0.490 e. The molecule has 0 aromatic heterocycles. The first kappa shape index (κ1) is 27.3. The summed E-state index contributed by atoms with van der Waals surface area (Å²) in [4.78, 5) is 34.8. The zero-order chi connectivity index (χ0) is 25.2. The number of carbonyl (C=O) groups excluding carboxylic acids is 1. The van der Waals surface area contributed by atoms with Crippen LogP contribution in [0.4, 0.5) is 24.5 Å². The molecule has 0 atom stereocenters. The van der Waals surface area contributed by atoms with Crippen molar-refractivity contribution in [1.82, 2.24) is 0 Å². The van der Waals surface area contributed by atoms with Gasteiger partial charge < -0.3 is 25.2 Å². The third kappa shape index (κ3) is 8.71. The predicted octanol–water partition coefficient (Wildman–Crippen LogP) is 4.52. The van der Waals surface area contributed by atoms with Gasteiger partial charge in [0.1, 0.15) is 5.75 Å². The maximum atomic E-state index is 12.6. The standard InChI is InChI=1S/C20H24N2O4.C2HF3O2/c1-4-5-12-22(2)18-11-8-15(20(24)25)13-17(18)21-19(23)14-6-9-16(26-3)10-7-14;3-2(4,5)1(6)7/h6-11,13H,4-5,12H2,1-3H3,(H,21,23)(H,24,25);(H,6,7). The Balaban J connectivity index is 0.000000675. The number of halogens is 3. The van der Waals surface area contributed by atoms with Crippen molar-refractivity contribution in [2.24, 2.45) is 0 Å². The number of aromatic carboxylic acids is 1. The Kier molecular flexibility index (Phi) is 10.2. The summed E-state index contributed by atoms with van der Waals surface area (Å²) >= 11 is 0. The second-order valence-corrected chi connectivity index (χ2v) is 6.80. The van der Waals surface area contributed by atoms with Gasteiger partial charge in [-0.15, -0.1) is 0 Å². The lowest BCUT2D eigenvalue weighted by Crippen LogP contribution is -2.22. The molecule has 3 N–H and O–H groups in total. The van der Waals surface area contributed by atoms with E-state index in [1.54, 1.807) is 43.5 Å². The lowest BCUT2D eigenvalue weighted by Gasteiger charge is -2.23. The van der Waals surface area contributed by atoms with E-state index in [0.717, 1.165) is 25.1 Å². The Hall–Kier alpha value is -3.76. The number of carboxylic acids is 2. The van der Waals surface area contributed by atoms with Gasteiger partial charge in [-0.05, 0) is 48.9 Å². The minimum absolute atomic E-state index is 0.127. The van der Waals surface area contributed by atoms with E-state index in [0.29, 0.717) is 17.0 Å². The molecule has 0 radical (unpaired) electrons. The van der Waals surface area contributed by atoms with Crippen LogP contribution in [0, 0.1) is 0 Å². The van der Waals surface area contributed by atoms with Crippen LogP contribution in [0.2, 0.25) is 0 Å². The molecule has 11 heteroatoms. The maximum absolute atomic E-state index is 12.6. The van der Waals surface area contributed by atoms with Gasteiger partial charge in [0, 0.05) is 19.2 Å². The first-order chi connectivity index (χ1) is 15.4. The molecule has 0 aliphatic heterocycles. The number of alkyl halides is 3. The minimum atomic E-state index is -5.08. The summed E-state index contributed by atoms with van der Waals surface area (Å²) in [5.41, 5.74) is 1.85. The number of carboxylic acid groups (broad SMARTS) is 2. The third-order valence-corrected chi connectivity index (χ3v) is 4.34. The van der Waals surface area contributed by atoms with Gasteiger partial charge in [0.05, 0.1) is 24.0 Å². The summed E-state index contributed by atoms with van der Waals surface area (Å²) in [7, 11) is 3.49. The van der Waals surface area contributed by atoms with E-state index in [9.17, 15) is 27.9 Å². The zero-order valence-corrected chi connectivity index (χ0v) is 18.3. The molecular formula is C22H25F3N2O6. The van der Waals surface area contributed by atoms with Crippen LogP contribution in [0.5, 0.6) is 5.75 Å². The first-order valence-corrected chi connectivity index (χ1v) is 9.74. The average molecular weight is 470 g/mol. The Bertz CT molecular complexity index is 962. The van der Waals surface area contributed by atoms with Crippen LogP contribution >= 0.6 is 0 Å². The van der Waals surface area contributed by atoms with Gasteiger partial charge in [-0.2, -0.15) is 13.2 Å². The summed E-state index contributed by atoms with van der Waals surface area (Å²) in [5, 5.41) is 19.2. The molecule has 2 aromatic carbocycles. The molecule has 1 amide bonds. The molecule has 0 spiro atoms. The third-order valence-electron chi connectivity index (χ3n) is 4.34. The monoisotopic (exact) mass is 470 g/mol. The number of benzene rings is 2. The minimum Gasteiger partial charge on any atom is -0.497 e. The zero-order valence-electron chi connectivity index (χ0n) is 18.3. The summed E-state index contributed by atoms with van der Waals surface area (Å²) in [6.45, 7) is 2.92. The molecule has 2 aromatic rings. The van der Waals surface area contributed by atoms with Gasteiger partial charge in [-0.1, -0.05) is 13.3 Å². The summed E-state index contributed by atoms with van der Waals surface area (Å²) in [6, 6.07) is 11.5. The molecule has 0 saturated carbocycles. The van der Waals surface area contributed by atoms with E-state index in [2.05, 4.69) is 12.2 Å². The van der Waals surface area contributed by atoms with Crippen molar-refractivity contribution in [3.8, 4) is 5.75 Å². The normalized spacial score (nSPS) is 10.5. The molecule has 33 heavy (non-hydrogen) atoms. The highest BCUT2D eigenvalue weighted by molar-refractivity contribution is 6.06. The molecule has 8 nitrogen and oxygen atoms in total. The number of carbonyl (C=O) groups is 3. The fourth-order valence-electron chi connectivity index (χ4n) is 2.55. The number of nitrogens with one attached hydrogen (secondary N) is 1. The number of rotatable bonds is 8. The van der Waals surface area contributed by atoms with Crippen molar-refractivity contribution in [1.29, 1.82) is 0 Å². The van der Waals surface area contributed by atoms with Crippen LogP contribution in [0.15, 0.2) is 42.5 Å². The molecule has 0 aliphatic rings. The second-order valence-electron chi connectivity index (χ2n) is 6.80. The van der Waals surface area contributed by atoms with Crippen LogP contribution in [0.3, 0.4) is 0 Å². The van der Waals surface area contributed by atoms with E-state index in [-0.39, 0.29) is 11.5 Å². The molecule has 180 valence electrons.